The summed E-state index contributed by atoms with van der Waals surface area (Å²) >= 11 is 0. The minimum absolute atomic E-state index is 0.0901. The van der Waals surface area contributed by atoms with Gasteiger partial charge in [0.25, 0.3) is 0 Å². The van der Waals surface area contributed by atoms with Crippen molar-refractivity contribution in [3.63, 3.8) is 0 Å². The summed E-state index contributed by atoms with van der Waals surface area (Å²) in [6.45, 7) is 6.54. The lowest BCUT2D eigenvalue weighted by Crippen LogP contribution is -2.30. The van der Waals surface area contributed by atoms with Gasteiger partial charge in [0.1, 0.15) is 13.2 Å². The van der Waals surface area contributed by atoms with E-state index in [2.05, 4.69) is 93.7 Å². The van der Waals surface area contributed by atoms with Gasteiger partial charge in [-0.05, 0) is 109 Å². The fraction of sp³-hybridized carbons (Fsp3) is 0.746. The average molecular weight is 907 g/mol. The van der Waals surface area contributed by atoms with Gasteiger partial charge in [-0.2, -0.15) is 0 Å². The van der Waals surface area contributed by atoms with E-state index in [0.717, 1.165) is 109 Å². The van der Waals surface area contributed by atoms with E-state index < -0.39 is 6.10 Å². The number of carbonyl (C=O) groups excluding carboxylic acids is 3. The van der Waals surface area contributed by atoms with Crippen molar-refractivity contribution in [3.05, 3.63) is 72.9 Å². The first-order valence-electron chi connectivity index (χ1n) is 27.4. The smallest absolute Gasteiger partial charge is 0.306 e. The predicted molar refractivity (Wildman–Crippen MR) is 279 cm³/mol. The summed E-state index contributed by atoms with van der Waals surface area (Å²) in [6, 6.07) is 0. The maximum atomic E-state index is 12.8. The number of hydrogen-bond acceptors (Lipinski definition) is 6. The molecule has 0 saturated carbocycles. The molecule has 1 atom stereocenters. The van der Waals surface area contributed by atoms with Crippen LogP contribution in [0.2, 0.25) is 0 Å². The zero-order valence-electron chi connectivity index (χ0n) is 42.7. The Morgan fingerprint density at radius 1 is 0.308 bits per heavy atom. The number of unbranched alkanes of at least 4 members (excludes halogenated alkanes) is 26. The number of hydrogen-bond donors (Lipinski definition) is 0. The lowest BCUT2D eigenvalue weighted by molar-refractivity contribution is -0.167. The molecule has 0 N–H and O–H groups in total. The Balaban J connectivity index is 4.38. The maximum Gasteiger partial charge on any atom is 0.306 e. The molecule has 6 nitrogen and oxygen atoms in total. The van der Waals surface area contributed by atoms with Crippen LogP contribution in [0.15, 0.2) is 72.9 Å². The molecule has 1 unspecified atom stereocenters. The van der Waals surface area contributed by atoms with Gasteiger partial charge in [-0.1, -0.05) is 209 Å². The van der Waals surface area contributed by atoms with Gasteiger partial charge >= 0.3 is 17.9 Å². The third-order valence-electron chi connectivity index (χ3n) is 11.7. The number of allylic oxidation sites excluding steroid dienone is 12. The number of carbonyl (C=O) groups is 3. The first kappa shape index (κ1) is 61.9. The van der Waals surface area contributed by atoms with Crippen molar-refractivity contribution >= 4 is 17.9 Å². The van der Waals surface area contributed by atoms with Crippen molar-refractivity contribution in [3.8, 4) is 0 Å². The molecule has 65 heavy (non-hydrogen) atoms. The van der Waals surface area contributed by atoms with E-state index in [0.29, 0.717) is 19.3 Å². The minimum atomic E-state index is -0.791. The average Bonchev–Trinajstić information content (AvgIpc) is 3.30. The van der Waals surface area contributed by atoms with E-state index >= 15 is 0 Å². The summed E-state index contributed by atoms with van der Waals surface area (Å²) in [5.41, 5.74) is 0. The van der Waals surface area contributed by atoms with Gasteiger partial charge in [0.05, 0.1) is 0 Å². The normalized spacial score (nSPS) is 12.6. The quantitative estimate of drug-likeness (QED) is 0.0262. The topological polar surface area (TPSA) is 78.9 Å². The Bertz CT molecular complexity index is 1230. The Hall–Kier alpha value is -3.15. The van der Waals surface area contributed by atoms with Crippen LogP contribution in [0.1, 0.15) is 265 Å². The van der Waals surface area contributed by atoms with Crippen LogP contribution in [0.4, 0.5) is 0 Å². The lowest BCUT2D eigenvalue weighted by Gasteiger charge is -2.18. The first-order chi connectivity index (χ1) is 32.0. The van der Waals surface area contributed by atoms with Gasteiger partial charge in [0, 0.05) is 19.3 Å². The van der Waals surface area contributed by atoms with Crippen LogP contribution < -0.4 is 0 Å². The van der Waals surface area contributed by atoms with Gasteiger partial charge in [0.2, 0.25) is 0 Å². The molecule has 0 aliphatic rings. The van der Waals surface area contributed by atoms with E-state index in [-0.39, 0.29) is 31.1 Å². The molecule has 0 aromatic carbocycles. The van der Waals surface area contributed by atoms with Crippen molar-refractivity contribution in [2.75, 3.05) is 13.2 Å². The molecule has 374 valence electrons. The summed E-state index contributed by atoms with van der Waals surface area (Å²) < 4.78 is 16.8. The van der Waals surface area contributed by atoms with Crippen molar-refractivity contribution in [1.29, 1.82) is 0 Å². The first-order valence-corrected chi connectivity index (χ1v) is 27.4. The van der Waals surface area contributed by atoms with Crippen LogP contribution in [0.3, 0.4) is 0 Å². The molecule has 0 fully saturated rings. The SMILES string of the molecule is CCCC/C=C\CCCCCCCC(=O)OCC(COC(=O)CCCCCCCC/C=C\C/C=C\C/C=C\CCCCCCC)OC(=O)CCCCCCC/C=C\C/C=C\CCCCC. The van der Waals surface area contributed by atoms with Gasteiger partial charge in [-0.25, -0.2) is 0 Å². The Kier molecular flexibility index (Phi) is 50.9. The highest BCUT2D eigenvalue weighted by atomic mass is 16.6. The molecule has 0 rings (SSSR count). The Morgan fingerprint density at radius 3 is 0.954 bits per heavy atom. The van der Waals surface area contributed by atoms with Crippen LogP contribution in [-0.4, -0.2) is 37.2 Å². The zero-order chi connectivity index (χ0) is 47.2. The lowest BCUT2D eigenvalue weighted by atomic mass is 10.1. The second kappa shape index (κ2) is 53.5. The molecule has 0 aliphatic heterocycles. The molecule has 0 spiro atoms. The molecule has 0 radical (unpaired) electrons. The van der Waals surface area contributed by atoms with Crippen LogP contribution in [0, 0.1) is 0 Å². The van der Waals surface area contributed by atoms with E-state index in [4.69, 9.17) is 14.2 Å². The molecule has 0 saturated heterocycles. The number of esters is 3. The number of ether oxygens (including phenoxy) is 3. The highest BCUT2D eigenvalue weighted by molar-refractivity contribution is 5.71. The second-order valence-corrected chi connectivity index (χ2v) is 18.1. The Labute approximate surface area is 402 Å². The number of rotatable bonds is 49. The minimum Gasteiger partial charge on any atom is -0.462 e. The molecule has 0 aromatic rings. The van der Waals surface area contributed by atoms with Crippen LogP contribution in [-0.2, 0) is 28.6 Å². The largest absolute Gasteiger partial charge is 0.462 e. The monoisotopic (exact) mass is 907 g/mol. The van der Waals surface area contributed by atoms with Gasteiger partial charge < -0.3 is 14.2 Å². The molecule has 0 aromatic heterocycles. The van der Waals surface area contributed by atoms with Crippen LogP contribution >= 0.6 is 0 Å². The van der Waals surface area contributed by atoms with E-state index in [1.807, 2.05) is 0 Å². The fourth-order valence-electron chi connectivity index (χ4n) is 7.46. The van der Waals surface area contributed by atoms with E-state index in [1.165, 1.54) is 116 Å². The summed E-state index contributed by atoms with van der Waals surface area (Å²) in [5.74, 6) is -0.923. The fourth-order valence-corrected chi connectivity index (χ4v) is 7.46. The molecule has 0 bridgehead atoms. The molecular formula is C59H102O6. The summed E-state index contributed by atoms with van der Waals surface area (Å²) in [5, 5.41) is 0. The molecule has 0 heterocycles. The van der Waals surface area contributed by atoms with Gasteiger partial charge in [-0.15, -0.1) is 0 Å². The summed E-state index contributed by atoms with van der Waals surface area (Å²) in [6.07, 6.45) is 67.4. The molecule has 6 heteroatoms. The predicted octanol–water partition coefficient (Wildman–Crippen LogP) is 18.2. The molecule has 0 amide bonds. The van der Waals surface area contributed by atoms with E-state index in [9.17, 15) is 14.4 Å². The van der Waals surface area contributed by atoms with Crippen LogP contribution in [0.25, 0.3) is 0 Å². The van der Waals surface area contributed by atoms with Crippen molar-refractivity contribution < 1.29 is 28.6 Å². The third-order valence-corrected chi connectivity index (χ3v) is 11.7. The highest BCUT2D eigenvalue weighted by Gasteiger charge is 2.19. The molecule has 0 aliphatic carbocycles. The summed E-state index contributed by atoms with van der Waals surface area (Å²) in [4.78, 5) is 38.0. The highest BCUT2D eigenvalue weighted by Crippen LogP contribution is 2.14. The van der Waals surface area contributed by atoms with Crippen LogP contribution in [0.5, 0.6) is 0 Å². The van der Waals surface area contributed by atoms with Gasteiger partial charge in [0.15, 0.2) is 6.10 Å². The second-order valence-electron chi connectivity index (χ2n) is 18.1. The maximum absolute atomic E-state index is 12.8. The standard InChI is InChI=1S/C59H102O6/c1-4-7-10-13-16-19-22-24-26-27-28-29-30-31-33-34-37-40-43-46-49-52-58(61)64-55-56(54-63-57(60)51-48-45-42-39-36-21-18-15-12-9-6-3)65-59(62)53-50-47-44-41-38-35-32-25-23-20-17-14-11-8-5-2/h15,17-18,20,22,24-25,27-28,30-32,56H,4-14,16,19,21,23,26,29,33-55H2,1-3H3/b18-15-,20-17-,24-22-,28-27-,31-30-,32-25-. The summed E-state index contributed by atoms with van der Waals surface area (Å²) in [7, 11) is 0. The van der Waals surface area contributed by atoms with Crippen molar-refractivity contribution in [1.82, 2.24) is 0 Å². The van der Waals surface area contributed by atoms with Gasteiger partial charge in [-0.3, -0.25) is 14.4 Å². The third kappa shape index (κ3) is 51.7. The van der Waals surface area contributed by atoms with Crippen molar-refractivity contribution in [2.24, 2.45) is 0 Å². The van der Waals surface area contributed by atoms with Crippen molar-refractivity contribution in [2.45, 2.75) is 271 Å². The Morgan fingerprint density at radius 2 is 0.569 bits per heavy atom. The molecular weight excluding hydrogens is 805 g/mol. The zero-order valence-corrected chi connectivity index (χ0v) is 42.7. The van der Waals surface area contributed by atoms with E-state index in [1.54, 1.807) is 0 Å².